The maximum atomic E-state index is 2.42. The highest BCUT2D eigenvalue weighted by Gasteiger charge is 2.06. The van der Waals surface area contributed by atoms with Crippen LogP contribution in [0.15, 0.2) is 0 Å². The van der Waals surface area contributed by atoms with E-state index in [1.165, 1.54) is 230 Å². The maximum Gasteiger partial charge on any atom is 0.00444 e. The summed E-state index contributed by atoms with van der Waals surface area (Å²) in [5.41, 5.74) is 0. The highest BCUT2D eigenvalue weighted by Crippen LogP contribution is 2.23. The van der Waals surface area contributed by atoms with Crippen LogP contribution in [0.4, 0.5) is 0 Å². The predicted molar refractivity (Wildman–Crippen MR) is 195 cm³/mol. The molecule has 0 bridgehead atoms. The molecule has 0 aliphatic heterocycles. The number of hydrogen-bond acceptors (Lipinski definition) is 1. The van der Waals surface area contributed by atoms with Crippen molar-refractivity contribution in [3.05, 3.63) is 0 Å². The van der Waals surface area contributed by atoms with Crippen LogP contribution in [0.2, 0.25) is 0 Å². The summed E-state index contributed by atoms with van der Waals surface area (Å²) in [6.07, 6.45) is 51.5. The van der Waals surface area contributed by atoms with Crippen LogP contribution < -0.4 is 0 Å². The van der Waals surface area contributed by atoms with Gasteiger partial charge in [0.15, 0.2) is 0 Å². The van der Waals surface area contributed by atoms with E-state index in [1.807, 2.05) is 0 Å². The molecule has 0 amide bonds. The molecular weight excluding hydrogens is 513 g/mol. The molecule has 1 atom stereocenters. The Kier molecular flexibility index (Phi) is 38.7. The minimum absolute atomic E-state index is 0.933. The highest BCUT2D eigenvalue weighted by molar-refractivity contribution is 7.99. The van der Waals surface area contributed by atoms with Crippen molar-refractivity contribution in [1.29, 1.82) is 0 Å². The predicted octanol–water partition coefficient (Wildman–Crippen LogP) is 15.8. The molecule has 0 N–H and O–H groups in total. The van der Waals surface area contributed by atoms with Crippen molar-refractivity contribution >= 4 is 11.8 Å². The Hall–Kier alpha value is 0.350. The molecule has 0 radical (unpaired) electrons. The zero-order valence-electron chi connectivity index (χ0n) is 29.4. The summed E-state index contributed by atoms with van der Waals surface area (Å²) in [6, 6.07) is 0. The smallest absolute Gasteiger partial charge is 0.00444 e. The van der Waals surface area contributed by atoms with E-state index in [1.54, 1.807) is 0 Å². The summed E-state index contributed by atoms with van der Waals surface area (Å²) in [5, 5.41) is 0.933. The number of thioether (sulfide) groups is 1. The van der Waals surface area contributed by atoms with E-state index >= 15 is 0 Å². The molecule has 0 rings (SSSR count). The van der Waals surface area contributed by atoms with Crippen LogP contribution in [0.3, 0.4) is 0 Å². The standard InChI is InChI=1S/C40H82S/c1-4-7-9-11-13-15-17-19-21-23-24-26-28-30-32-34-36-38-40(6-3)41-39-37-35-33-31-29-27-25-22-20-18-16-14-12-10-8-5-2/h40H,4-39H2,1-3H3. The van der Waals surface area contributed by atoms with E-state index in [-0.39, 0.29) is 0 Å². The Labute approximate surface area is 267 Å². The minimum atomic E-state index is 0.933. The van der Waals surface area contributed by atoms with Crippen LogP contribution in [0.5, 0.6) is 0 Å². The number of unbranched alkanes of at least 4 members (excludes halogenated alkanes) is 31. The molecule has 1 unspecified atom stereocenters. The average molecular weight is 595 g/mol. The van der Waals surface area contributed by atoms with Gasteiger partial charge in [0.2, 0.25) is 0 Å². The van der Waals surface area contributed by atoms with Crippen molar-refractivity contribution in [2.24, 2.45) is 0 Å². The van der Waals surface area contributed by atoms with Gasteiger partial charge in [-0.2, -0.15) is 11.8 Å². The van der Waals surface area contributed by atoms with Gasteiger partial charge in [-0.05, 0) is 25.0 Å². The van der Waals surface area contributed by atoms with Crippen molar-refractivity contribution in [2.75, 3.05) is 5.75 Å². The van der Waals surface area contributed by atoms with E-state index in [0.29, 0.717) is 0 Å². The first kappa shape index (κ1) is 41.4. The van der Waals surface area contributed by atoms with Crippen LogP contribution in [0.1, 0.15) is 245 Å². The summed E-state index contributed by atoms with van der Waals surface area (Å²) < 4.78 is 0. The fraction of sp³-hybridized carbons (Fsp3) is 1.00. The lowest BCUT2D eigenvalue weighted by Crippen LogP contribution is -2.02. The molecule has 0 aromatic heterocycles. The zero-order chi connectivity index (χ0) is 29.7. The molecule has 41 heavy (non-hydrogen) atoms. The van der Waals surface area contributed by atoms with Crippen molar-refractivity contribution in [3.8, 4) is 0 Å². The van der Waals surface area contributed by atoms with Gasteiger partial charge in [0.1, 0.15) is 0 Å². The summed E-state index contributed by atoms with van der Waals surface area (Å²) >= 11 is 2.30. The maximum absolute atomic E-state index is 2.42. The Morgan fingerprint density at radius 3 is 0.805 bits per heavy atom. The summed E-state index contributed by atoms with van der Waals surface area (Å²) in [4.78, 5) is 0. The number of rotatable bonds is 37. The summed E-state index contributed by atoms with van der Waals surface area (Å²) in [7, 11) is 0. The van der Waals surface area contributed by atoms with E-state index < -0.39 is 0 Å². The first-order valence-electron chi connectivity index (χ1n) is 20.0. The highest BCUT2D eigenvalue weighted by atomic mass is 32.2. The molecule has 0 aliphatic rings. The van der Waals surface area contributed by atoms with Crippen molar-refractivity contribution in [3.63, 3.8) is 0 Å². The van der Waals surface area contributed by atoms with Gasteiger partial charge in [-0.25, -0.2) is 0 Å². The second-order valence-electron chi connectivity index (χ2n) is 13.6. The second kappa shape index (κ2) is 38.4. The largest absolute Gasteiger partial charge is 0.159 e. The Morgan fingerprint density at radius 1 is 0.293 bits per heavy atom. The molecule has 0 aliphatic carbocycles. The third-order valence-electron chi connectivity index (χ3n) is 9.44. The van der Waals surface area contributed by atoms with Crippen LogP contribution in [-0.4, -0.2) is 11.0 Å². The van der Waals surface area contributed by atoms with Gasteiger partial charge in [0.25, 0.3) is 0 Å². The molecule has 0 heterocycles. The first-order valence-corrected chi connectivity index (χ1v) is 21.0. The topological polar surface area (TPSA) is 0 Å². The van der Waals surface area contributed by atoms with E-state index in [4.69, 9.17) is 0 Å². The Bertz CT molecular complexity index is 395. The van der Waals surface area contributed by atoms with Gasteiger partial charge in [-0.1, -0.05) is 226 Å². The van der Waals surface area contributed by atoms with Gasteiger partial charge < -0.3 is 0 Å². The van der Waals surface area contributed by atoms with Crippen molar-refractivity contribution in [1.82, 2.24) is 0 Å². The van der Waals surface area contributed by atoms with E-state index in [2.05, 4.69) is 32.5 Å². The van der Waals surface area contributed by atoms with Crippen LogP contribution in [-0.2, 0) is 0 Å². The quantitative estimate of drug-likeness (QED) is 0.0645. The summed E-state index contributed by atoms with van der Waals surface area (Å²) in [6.45, 7) is 7.04. The SMILES string of the molecule is CCCCCCCCCCCCCCCCCCCC(CC)SCCCCCCCCCCCCCCCCCC. The van der Waals surface area contributed by atoms with Gasteiger partial charge in [0, 0.05) is 5.25 Å². The summed E-state index contributed by atoms with van der Waals surface area (Å²) in [5.74, 6) is 1.41. The van der Waals surface area contributed by atoms with E-state index in [0.717, 1.165) is 5.25 Å². The lowest BCUT2D eigenvalue weighted by Gasteiger charge is -2.14. The minimum Gasteiger partial charge on any atom is -0.159 e. The monoisotopic (exact) mass is 595 g/mol. The molecule has 0 nitrogen and oxygen atoms in total. The lowest BCUT2D eigenvalue weighted by atomic mass is 10.0. The van der Waals surface area contributed by atoms with Gasteiger partial charge in [-0.3, -0.25) is 0 Å². The molecule has 0 saturated heterocycles. The van der Waals surface area contributed by atoms with Gasteiger partial charge >= 0.3 is 0 Å². The van der Waals surface area contributed by atoms with Crippen LogP contribution in [0.25, 0.3) is 0 Å². The third-order valence-corrected chi connectivity index (χ3v) is 11.0. The molecule has 0 saturated carbocycles. The lowest BCUT2D eigenvalue weighted by molar-refractivity contribution is 0.523. The van der Waals surface area contributed by atoms with Crippen LogP contribution in [0, 0.1) is 0 Å². The molecule has 0 aromatic carbocycles. The molecule has 248 valence electrons. The fourth-order valence-electron chi connectivity index (χ4n) is 6.40. The molecular formula is C40H82S. The normalized spacial score (nSPS) is 12.4. The third kappa shape index (κ3) is 36.4. The molecule has 0 fully saturated rings. The number of hydrogen-bond donors (Lipinski definition) is 0. The van der Waals surface area contributed by atoms with E-state index in [9.17, 15) is 0 Å². The zero-order valence-corrected chi connectivity index (χ0v) is 30.3. The van der Waals surface area contributed by atoms with Crippen molar-refractivity contribution in [2.45, 2.75) is 251 Å². The first-order chi connectivity index (χ1) is 20.3. The Balaban J connectivity index is 3.24. The fourth-order valence-corrected chi connectivity index (χ4v) is 7.68. The van der Waals surface area contributed by atoms with Gasteiger partial charge in [0.05, 0.1) is 0 Å². The second-order valence-corrected chi connectivity index (χ2v) is 15.1. The molecule has 1 heteroatoms. The molecule has 0 spiro atoms. The molecule has 0 aromatic rings. The van der Waals surface area contributed by atoms with Crippen molar-refractivity contribution < 1.29 is 0 Å². The average Bonchev–Trinajstić information content (AvgIpc) is 2.99. The van der Waals surface area contributed by atoms with Crippen LogP contribution >= 0.6 is 11.8 Å². The van der Waals surface area contributed by atoms with Gasteiger partial charge in [-0.15, -0.1) is 0 Å². The Morgan fingerprint density at radius 2 is 0.537 bits per heavy atom.